The molecule has 0 spiro atoms. The first-order valence-electron chi connectivity index (χ1n) is 12.4. The third-order valence-electron chi connectivity index (χ3n) is 6.41. The van der Waals surface area contributed by atoms with E-state index in [0.717, 1.165) is 29.2 Å². The van der Waals surface area contributed by atoms with Crippen molar-refractivity contribution in [1.82, 2.24) is 24.9 Å². The average Bonchev–Trinajstić information content (AvgIpc) is 3.63. The number of carbonyl (C=O) groups excluding carboxylic acids is 1. The topological polar surface area (TPSA) is 129 Å². The fraction of sp³-hybridized carbons (Fsp3) is 0.259. The minimum absolute atomic E-state index is 0.0887. The average molecular weight is 516 g/mol. The predicted molar refractivity (Wildman–Crippen MR) is 143 cm³/mol. The van der Waals surface area contributed by atoms with Crippen LogP contribution in [0.2, 0.25) is 0 Å². The summed E-state index contributed by atoms with van der Waals surface area (Å²) < 4.78 is 7.10. The van der Waals surface area contributed by atoms with Crippen LogP contribution < -0.4 is 10.2 Å². The summed E-state index contributed by atoms with van der Waals surface area (Å²) in [6.45, 7) is 5.52. The Balaban J connectivity index is 1.28. The van der Waals surface area contributed by atoms with E-state index in [1.54, 1.807) is 42.1 Å². The van der Waals surface area contributed by atoms with E-state index in [2.05, 4.69) is 25.5 Å². The summed E-state index contributed by atoms with van der Waals surface area (Å²) in [5.74, 6) is 0.156. The van der Waals surface area contributed by atoms with E-state index < -0.39 is 6.09 Å². The lowest BCUT2D eigenvalue weighted by molar-refractivity contribution is -0.116. The molecule has 4 aromatic rings. The van der Waals surface area contributed by atoms with Gasteiger partial charge in [0, 0.05) is 50.2 Å². The summed E-state index contributed by atoms with van der Waals surface area (Å²) in [5.41, 5.74) is 4.21. The van der Waals surface area contributed by atoms with Gasteiger partial charge >= 0.3 is 6.09 Å². The summed E-state index contributed by atoms with van der Waals surface area (Å²) in [4.78, 5) is 28.0. The molecule has 0 radical (unpaired) electrons. The van der Waals surface area contributed by atoms with Gasteiger partial charge in [-0.25, -0.2) is 14.4 Å². The first kappa shape index (κ1) is 25.2. The number of aromatic nitrogens is 4. The van der Waals surface area contributed by atoms with Gasteiger partial charge in [0.2, 0.25) is 5.91 Å². The van der Waals surface area contributed by atoms with Gasteiger partial charge in [-0.2, -0.15) is 10.2 Å². The number of amides is 2. The molecule has 5 rings (SSSR count). The highest BCUT2D eigenvalue weighted by molar-refractivity contribution is 5.96. The summed E-state index contributed by atoms with van der Waals surface area (Å²) in [6.07, 6.45) is 2.78. The Hall–Kier alpha value is -4.48. The maximum Gasteiger partial charge on any atom is 0.417 e. The van der Waals surface area contributed by atoms with Crippen LogP contribution in [0.1, 0.15) is 12.0 Å². The Morgan fingerprint density at radius 1 is 1.13 bits per heavy atom. The molecule has 11 nitrogen and oxygen atoms in total. The quantitative estimate of drug-likeness (QED) is 0.323. The molecule has 1 fully saturated rings. The monoisotopic (exact) mass is 515 g/mol. The van der Waals surface area contributed by atoms with Crippen molar-refractivity contribution >= 4 is 29.2 Å². The third-order valence-corrected chi connectivity index (χ3v) is 6.41. The molecule has 1 aliphatic heterocycles. The number of morpholine rings is 1. The van der Waals surface area contributed by atoms with Gasteiger partial charge in [0.05, 0.1) is 30.3 Å². The molecule has 3 N–H and O–H groups in total. The smallest absolute Gasteiger partial charge is 0.417 e. The molecule has 0 unspecified atom stereocenters. The van der Waals surface area contributed by atoms with Crippen molar-refractivity contribution in [2.75, 3.05) is 43.1 Å². The summed E-state index contributed by atoms with van der Waals surface area (Å²) in [5, 5.41) is 24.3. The second-order valence-electron chi connectivity index (χ2n) is 9.01. The van der Waals surface area contributed by atoms with Crippen LogP contribution in [0.25, 0.3) is 16.9 Å². The number of anilines is 3. The number of nitrogens with one attached hydrogen (secondary N) is 2. The molecule has 0 saturated carbocycles. The second kappa shape index (κ2) is 11.3. The first-order chi connectivity index (χ1) is 18.5. The fourth-order valence-electron chi connectivity index (χ4n) is 4.41. The van der Waals surface area contributed by atoms with E-state index in [4.69, 9.17) is 4.74 Å². The van der Waals surface area contributed by atoms with E-state index in [-0.39, 0.29) is 11.7 Å². The van der Waals surface area contributed by atoms with Gasteiger partial charge in [-0.05, 0) is 54.4 Å². The number of benzene rings is 2. The van der Waals surface area contributed by atoms with E-state index in [1.807, 2.05) is 36.5 Å². The molecule has 0 atom stereocenters. The summed E-state index contributed by atoms with van der Waals surface area (Å²) in [7, 11) is 0. The van der Waals surface area contributed by atoms with E-state index in [1.165, 1.54) is 0 Å². The number of carbonyl (C=O) groups is 2. The van der Waals surface area contributed by atoms with Crippen molar-refractivity contribution in [1.29, 1.82) is 0 Å². The zero-order chi connectivity index (χ0) is 26.5. The van der Waals surface area contributed by atoms with E-state index in [9.17, 15) is 14.7 Å². The molecular formula is C27H29N7O4. The van der Waals surface area contributed by atoms with Crippen LogP contribution in [0.15, 0.2) is 67.0 Å². The van der Waals surface area contributed by atoms with Gasteiger partial charge in [0.15, 0.2) is 5.82 Å². The normalized spacial score (nSPS) is 13.8. The summed E-state index contributed by atoms with van der Waals surface area (Å²) >= 11 is 0. The Kier molecular flexibility index (Phi) is 7.47. The SMILES string of the molecule is Cc1cc(NC(=O)CCN2CCOCC2)ccc1N(C(=O)O)c1cc(-c2ccc(-n3cccn3)cc2)[nH]n1. The largest absolute Gasteiger partial charge is 0.464 e. The standard InChI is InChI=1S/C27H29N7O4/c1-19-17-21(29-26(35)9-12-32-13-15-38-16-14-32)5-8-24(19)34(27(36)37)25-18-23(30-31-25)20-3-6-22(7-4-20)33-11-2-10-28-33/h2-8,10-11,17-18H,9,12-16H2,1H3,(H,29,35)(H,30,31)(H,36,37). The maximum absolute atomic E-state index is 12.4. The molecule has 196 valence electrons. The summed E-state index contributed by atoms with van der Waals surface area (Å²) in [6, 6.07) is 16.4. The molecule has 2 aromatic heterocycles. The van der Waals surface area contributed by atoms with Crippen LogP contribution >= 0.6 is 0 Å². The highest BCUT2D eigenvalue weighted by Crippen LogP contribution is 2.32. The number of nitrogens with zero attached hydrogens (tertiary/aromatic N) is 5. The van der Waals surface area contributed by atoms with Crippen LogP contribution in [0.3, 0.4) is 0 Å². The van der Waals surface area contributed by atoms with Gasteiger partial charge in [0.25, 0.3) is 0 Å². The van der Waals surface area contributed by atoms with Crippen LogP contribution in [0.4, 0.5) is 22.0 Å². The van der Waals surface area contributed by atoms with Gasteiger partial charge in [-0.15, -0.1) is 0 Å². The molecule has 1 aliphatic rings. The number of aromatic amines is 1. The highest BCUT2D eigenvalue weighted by Gasteiger charge is 2.22. The van der Waals surface area contributed by atoms with Gasteiger partial charge in [0.1, 0.15) is 0 Å². The Morgan fingerprint density at radius 2 is 1.92 bits per heavy atom. The minimum atomic E-state index is -1.16. The Morgan fingerprint density at radius 3 is 2.61 bits per heavy atom. The molecule has 11 heteroatoms. The molecule has 38 heavy (non-hydrogen) atoms. The van der Waals surface area contributed by atoms with Crippen molar-refractivity contribution in [3.63, 3.8) is 0 Å². The zero-order valence-electron chi connectivity index (χ0n) is 21.0. The van der Waals surface area contributed by atoms with Crippen LogP contribution in [0, 0.1) is 6.92 Å². The highest BCUT2D eigenvalue weighted by atomic mass is 16.5. The molecule has 0 aliphatic carbocycles. The number of ether oxygens (including phenoxy) is 1. The fourth-order valence-corrected chi connectivity index (χ4v) is 4.41. The molecule has 0 bridgehead atoms. The van der Waals surface area contributed by atoms with E-state index >= 15 is 0 Å². The van der Waals surface area contributed by atoms with Crippen LogP contribution in [-0.4, -0.2) is 74.8 Å². The van der Waals surface area contributed by atoms with Crippen molar-refractivity contribution < 1.29 is 19.4 Å². The molecular weight excluding hydrogens is 486 g/mol. The van der Waals surface area contributed by atoms with Crippen LogP contribution in [0.5, 0.6) is 0 Å². The predicted octanol–water partition coefficient (Wildman–Crippen LogP) is 4.05. The minimum Gasteiger partial charge on any atom is -0.464 e. The van der Waals surface area contributed by atoms with E-state index in [0.29, 0.717) is 48.8 Å². The van der Waals surface area contributed by atoms with Crippen molar-refractivity contribution in [3.8, 4) is 16.9 Å². The maximum atomic E-state index is 12.4. The second-order valence-corrected chi connectivity index (χ2v) is 9.01. The van der Waals surface area contributed by atoms with Gasteiger partial charge in [-0.3, -0.25) is 14.8 Å². The molecule has 3 heterocycles. The lowest BCUT2D eigenvalue weighted by Crippen LogP contribution is -2.38. The zero-order valence-corrected chi connectivity index (χ0v) is 21.0. The number of hydrogen-bond donors (Lipinski definition) is 3. The lowest BCUT2D eigenvalue weighted by Gasteiger charge is -2.26. The number of rotatable bonds is 8. The van der Waals surface area contributed by atoms with Gasteiger partial charge < -0.3 is 15.2 Å². The molecule has 2 aromatic carbocycles. The number of aryl methyl sites for hydroxylation is 1. The van der Waals surface area contributed by atoms with Crippen molar-refractivity contribution in [2.45, 2.75) is 13.3 Å². The molecule has 1 saturated heterocycles. The lowest BCUT2D eigenvalue weighted by atomic mass is 10.1. The van der Waals surface area contributed by atoms with Crippen molar-refractivity contribution in [3.05, 3.63) is 72.6 Å². The third kappa shape index (κ3) is 5.74. The Bertz CT molecular complexity index is 1390. The number of H-pyrrole nitrogens is 1. The number of carboxylic acid groups (broad SMARTS) is 1. The number of hydrogen-bond acceptors (Lipinski definition) is 6. The van der Waals surface area contributed by atoms with Crippen LogP contribution in [-0.2, 0) is 9.53 Å². The molecule has 2 amide bonds. The van der Waals surface area contributed by atoms with Crippen molar-refractivity contribution in [2.24, 2.45) is 0 Å². The Labute approximate surface area is 219 Å². The van der Waals surface area contributed by atoms with Gasteiger partial charge in [-0.1, -0.05) is 12.1 Å². The first-order valence-corrected chi connectivity index (χ1v) is 12.4.